The normalized spacial score (nSPS) is 17.4. The highest BCUT2D eigenvalue weighted by Crippen LogP contribution is 2.19. The van der Waals surface area contributed by atoms with E-state index in [2.05, 4.69) is 21.8 Å². The molecule has 0 spiro atoms. The Morgan fingerprint density at radius 3 is 2.94 bits per heavy atom. The first-order valence-electron chi connectivity index (χ1n) is 6.08. The number of likely N-dealkylation sites (tertiary alicyclic amines) is 1. The summed E-state index contributed by atoms with van der Waals surface area (Å²) >= 11 is 1.17. The maximum Gasteiger partial charge on any atom is 0.267 e. The lowest BCUT2D eigenvalue weighted by Gasteiger charge is -2.31. The van der Waals surface area contributed by atoms with E-state index >= 15 is 0 Å². The van der Waals surface area contributed by atoms with Crippen LogP contribution in [0.4, 0.5) is 0 Å². The SMILES string of the molecule is CCNCC1CCN(C(=O)c2cnns2)CC1. The van der Waals surface area contributed by atoms with E-state index in [-0.39, 0.29) is 5.91 Å². The Bertz CT molecular complexity index is 346. The zero-order valence-corrected chi connectivity index (χ0v) is 10.9. The van der Waals surface area contributed by atoms with Crippen molar-refractivity contribution in [1.29, 1.82) is 0 Å². The number of carbonyl (C=O) groups is 1. The molecule has 0 atom stereocenters. The third kappa shape index (κ3) is 3.23. The van der Waals surface area contributed by atoms with Crippen LogP contribution >= 0.6 is 11.5 Å². The van der Waals surface area contributed by atoms with Crippen LogP contribution in [0.15, 0.2) is 6.20 Å². The van der Waals surface area contributed by atoms with Gasteiger partial charge < -0.3 is 10.2 Å². The molecule has 0 unspecified atom stereocenters. The van der Waals surface area contributed by atoms with Gasteiger partial charge in [-0.05, 0) is 43.4 Å². The van der Waals surface area contributed by atoms with Gasteiger partial charge in [0, 0.05) is 13.1 Å². The van der Waals surface area contributed by atoms with Crippen molar-refractivity contribution in [2.24, 2.45) is 5.92 Å². The van der Waals surface area contributed by atoms with Gasteiger partial charge >= 0.3 is 0 Å². The monoisotopic (exact) mass is 254 g/mol. The Labute approximate surface area is 105 Å². The Balaban J connectivity index is 1.81. The first kappa shape index (κ1) is 12.4. The van der Waals surface area contributed by atoms with Crippen molar-refractivity contribution in [3.8, 4) is 0 Å². The molecule has 1 fully saturated rings. The highest BCUT2D eigenvalue weighted by molar-refractivity contribution is 7.07. The highest BCUT2D eigenvalue weighted by Gasteiger charge is 2.24. The molecule has 1 aliphatic heterocycles. The van der Waals surface area contributed by atoms with E-state index in [1.165, 1.54) is 11.5 Å². The van der Waals surface area contributed by atoms with E-state index in [0.717, 1.165) is 39.0 Å². The zero-order valence-electron chi connectivity index (χ0n) is 10.1. The summed E-state index contributed by atoms with van der Waals surface area (Å²) < 4.78 is 3.73. The lowest BCUT2D eigenvalue weighted by Crippen LogP contribution is -2.40. The fraction of sp³-hybridized carbons (Fsp3) is 0.727. The van der Waals surface area contributed by atoms with Gasteiger partial charge in [-0.3, -0.25) is 4.79 Å². The number of piperidine rings is 1. The summed E-state index contributed by atoms with van der Waals surface area (Å²) in [5.74, 6) is 0.792. The maximum absolute atomic E-state index is 12.0. The van der Waals surface area contributed by atoms with Gasteiger partial charge in [0.2, 0.25) is 0 Å². The summed E-state index contributed by atoms with van der Waals surface area (Å²) in [5, 5.41) is 7.07. The van der Waals surface area contributed by atoms with Gasteiger partial charge in [0.05, 0.1) is 6.20 Å². The molecule has 2 heterocycles. The van der Waals surface area contributed by atoms with Crippen LogP contribution in [-0.2, 0) is 0 Å². The van der Waals surface area contributed by atoms with E-state index in [9.17, 15) is 4.79 Å². The van der Waals surface area contributed by atoms with Crippen molar-refractivity contribution in [2.75, 3.05) is 26.2 Å². The van der Waals surface area contributed by atoms with Gasteiger partial charge in [-0.2, -0.15) is 0 Å². The molecular weight excluding hydrogens is 236 g/mol. The molecule has 0 bridgehead atoms. The van der Waals surface area contributed by atoms with Gasteiger partial charge in [-0.15, -0.1) is 5.10 Å². The number of carbonyl (C=O) groups excluding carboxylic acids is 1. The standard InChI is InChI=1S/C11H18N4OS/c1-2-12-7-9-3-5-15(6-4-9)11(16)10-8-13-14-17-10/h8-9,12H,2-7H2,1H3. The lowest BCUT2D eigenvalue weighted by atomic mass is 9.96. The first-order valence-corrected chi connectivity index (χ1v) is 6.86. The molecule has 2 rings (SSSR count). The predicted molar refractivity (Wildman–Crippen MR) is 67.1 cm³/mol. The third-order valence-corrected chi connectivity index (χ3v) is 3.81. The Morgan fingerprint density at radius 1 is 1.59 bits per heavy atom. The average molecular weight is 254 g/mol. The Morgan fingerprint density at radius 2 is 2.35 bits per heavy atom. The highest BCUT2D eigenvalue weighted by atomic mass is 32.1. The van der Waals surface area contributed by atoms with E-state index < -0.39 is 0 Å². The molecule has 1 N–H and O–H groups in total. The van der Waals surface area contributed by atoms with E-state index in [1.807, 2.05) is 4.90 Å². The van der Waals surface area contributed by atoms with E-state index in [0.29, 0.717) is 10.8 Å². The molecule has 0 aromatic carbocycles. The lowest BCUT2D eigenvalue weighted by molar-refractivity contribution is 0.0695. The summed E-state index contributed by atoms with van der Waals surface area (Å²) in [7, 11) is 0. The summed E-state index contributed by atoms with van der Waals surface area (Å²) in [6.07, 6.45) is 3.73. The Hall–Kier alpha value is -1.01. The summed E-state index contributed by atoms with van der Waals surface area (Å²) in [6.45, 7) is 5.92. The molecule has 1 saturated heterocycles. The molecule has 1 aliphatic rings. The van der Waals surface area contributed by atoms with Crippen molar-refractivity contribution < 1.29 is 4.79 Å². The molecule has 5 nitrogen and oxygen atoms in total. The van der Waals surface area contributed by atoms with Gasteiger partial charge in [0.1, 0.15) is 4.88 Å². The molecule has 1 aromatic heterocycles. The van der Waals surface area contributed by atoms with Crippen LogP contribution in [0.25, 0.3) is 0 Å². The van der Waals surface area contributed by atoms with Gasteiger partial charge in [0.25, 0.3) is 5.91 Å². The van der Waals surface area contributed by atoms with Crippen LogP contribution in [0.1, 0.15) is 29.4 Å². The minimum absolute atomic E-state index is 0.0851. The second-order valence-corrected chi connectivity index (χ2v) is 5.11. The molecule has 94 valence electrons. The molecule has 1 aromatic rings. The van der Waals surface area contributed by atoms with Crippen LogP contribution in [0.5, 0.6) is 0 Å². The van der Waals surface area contributed by atoms with Crippen LogP contribution in [0.3, 0.4) is 0 Å². The second-order valence-electron chi connectivity index (χ2n) is 4.33. The summed E-state index contributed by atoms with van der Waals surface area (Å²) in [6, 6.07) is 0. The quantitative estimate of drug-likeness (QED) is 0.871. The molecule has 0 saturated carbocycles. The number of rotatable bonds is 4. The van der Waals surface area contributed by atoms with Crippen LogP contribution in [0.2, 0.25) is 0 Å². The topological polar surface area (TPSA) is 58.1 Å². The number of amides is 1. The average Bonchev–Trinajstić information content (AvgIpc) is 2.90. The van der Waals surface area contributed by atoms with Crippen molar-refractivity contribution >= 4 is 17.4 Å². The second kappa shape index (κ2) is 6.07. The largest absolute Gasteiger partial charge is 0.338 e. The minimum Gasteiger partial charge on any atom is -0.338 e. The summed E-state index contributed by atoms with van der Waals surface area (Å²) in [4.78, 5) is 14.6. The molecule has 1 amide bonds. The van der Waals surface area contributed by atoms with Crippen molar-refractivity contribution in [2.45, 2.75) is 19.8 Å². The van der Waals surface area contributed by atoms with Crippen molar-refractivity contribution in [1.82, 2.24) is 19.8 Å². The molecular formula is C11H18N4OS. The van der Waals surface area contributed by atoms with Gasteiger partial charge in [0.15, 0.2) is 0 Å². The van der Waals surface area contributed by atoms with Crippen LogP contribution in [0, 0.1) is 5.92 Å². The van der Waals surface area contributed by atoms with Crippen molar-refractivity contribution in [3.63, 3.8) is 0 Å². The van der Waals surface area contributed by atoms with Crippen LogP contribution in [-0.4, -0.2) is 46.6 Å². The number of nitrogens with one attached hydrogen (secondary N) is 1. The number of nitrogens with zero attached hydrogens (tertiary/aromatic N) is 3. The van der Waals surface area contributed by atoms with Crippen molar-refractivity contribution in [3.05, 3.63) is 11.1 Å². The smallest absolute Gasteiger partial charge is 0.267 e. The van der Waals surface area contributed by atoms with E-state index in [1.54, 1.807) is 6.20 Å². The predicted octanol–water partition coefficient (Wildman–Crippen LogP) is 1.000. The van der Waals surface area contributed by atoms with Gasteiger partial charge in [-0.1, -0.05) is 11.4 Å². The van der Waals surface area contributed by atoms with E-state index in [4.69, 9.17) is 0 Å². The number of hydrogen-bond acceptors (Lipinski definition) is 5. The first-order chi connectivity index (χ1) is 8.31. The van der Waals surface area contributed by atoms with Gasteiger partial charge in [-0.25, -0.2) is 0 Å². The number of hydrogen-bond donors (Lipinski definition) is 1. The van der Waals surface area contributed by atoms with Crippen LogP contribution < -0.4 is 5.32 Å². The third-order valence-electron chi connectivity index (χ3n) is 3.16. The Kier molecular flexibility index (Phi) is 4.44. The maximum atomic E-state index is 12.0. The fourth-order valence-electron chi connectivity index (χ4n) is 2.11. The summed E-state index contributed by atoms with van der Waals surface area (Å²) in [5.41, 5.74) is 0. The molecule has 17 heavy (non-hydrogen) atoms. The molecule has 0 radical (unpaired) electrons. The zero-order chi connectivity index (χ0) is 12.1. The minimum atomic E-state index is 0.0851. The number of aromatic nitrogens is 2. The molecule has 6 heteroatoms. The fourth-order valence-corrected chi connectivity index (χ4v) is 2.59. The molecule has 0 aliphatic carbocycles.